The smallest absolute Gasteiger partial charge is 0.123 e. The van der Waals surface area contributed by atoms with E-state index in [1.54, 1.807) is 0 Å². The molecule has 0 radical (unpaired) electrons. The summed E-state index contributed by atoms with van der Waals surface area (Å²) in [5.74, 6) is 2.43. The first kappa shape index (κ1) is 14.9. The monoisotopic (exact) mass is 289 g/mol. The van der Waals surface area contributed by atoms with Crippen molar-refractivity contribution in [3.8, 4) is 5.75 Å². The minimum absolute atomic E-state index is 0.0836. The molecule has 116 valence electrons. The van der Waals surface area contributed by atoms with E-state index >= 15 is 0 Å². The Morgan fingerprint density at radius 3 is 2.76 bits per heavy atom. The molecule has 3 heteroatoms. The Morgan fingerprint density at radius 2 is 1.95 bits per heavy atom. The zero-order valence-corrected chi connectivity index (χ0v) is 12.8. The number of hydrogen-bond donors (Lipinski definition) is 2. The van der Waals surface area contributed by atoms with Crippen molar-refractivity contribution in [1.82, 2.24) is 5.32 Å². The Bertz CT molecular complexity index is 445. The highest BCUT2D eigenvalue weighted by molar-refractivity contribution is 5.33. The van der Waals surface area contributed by atoms with Crippen LogP contribution in [0.15, 0.2) is 24.3 Å². The number of ether oxygens (including phenoxy) is 1. The van der Waals surface area contributed by atoms with Crippen molar-refractivity contribution in [3.05, 3.63) is 29.8 Å². The van der Waals surface area contributed by atoms with Crippen LogP contribution in [0, 0.1) is 11.8 Å². The molecule has 0 aliphatic heterocycles. The first-order chi connectivity index (χ1) is 10.3. The Kier molecular flexibility index (Phi) is 5.15. The Morgan fingerprint density at radius 1 is 1.10 bits per heavy atom. The van der Waals surface area contributed by atoms with Crippen LogP contribution in [-0.2, 0) is 6.54 Å². The fourth-order valence-electron chi connectivity index (χ4n) is 3.14. The maximum Gasteiger partial charge on any atom is 0.123 e. The molecule has 2 aliphatic carbocycles. The van der Waals surface area contributed by atoms with Crippen molar-refractivity contribution in [2.75, 3.05) is 13.2 Å². The molecular formula is C18H27NO2. The molecule has 2 N–H and O–H groups in total. The van der Waals surface area contributed by atoms with Gasteiger partial charge in [0.25, 0.3) is 0 Å². The standard InChI is InChI=1S/C18H27NO2/c20-17-6-3-4-15(10-17)11-19-12-16-5-1-2-7-18(16)21-13-14-8-9-14/h1-2,5,7,14-15,17,19-20H,3-4,6,8-13H2. The molecule has 0 heterocycles. The average Bonchev–Trinajstić information content (AvgIpc) is 3.31. The van der Waals surface area contributed by atoms with Gasteiger partial charge in [0.2, 0.25) is 0 Å². The molecular weight excluding hydrogens is 262 g/mol. The third kappa shape index (κ3) is 4.72. The number of rotatable bonds is 7. The number of aliphatic hydroxyl groups is 1. The highest BCUT2D eigenvalue weighted by atomic mass is 16.5. The van der Waals surface area contributed by atoms with Crippen LogP contribution in [0.4, 0.5) is 0 Å². The Hall–Kier alpha value is -1.06. The normalized spacial score (nSPS) is 25.8. The van der Waals surface area contributed by atoms with E-state index in [0.717, 1.165) is 50.6 Å². The van der Waals surface area contributed by atoms with E-state index in [4.69, 9.17) is 4.74 Å². The summed E-state index contributed by atoms with van der Waals surface area (Å²) in [6.45, 7) is 2.72. The van der Waals surface area contributed by atoms with Crippen LogP contribution in [0.5, 0.6) is 5.75 Å². The largest absolute Gasteiger partial charge is 0.493 e. The fourth-order valence-corrected chi connectivity index (χ4v) is 3.14. The maximum atomic E-state index is 9.72. The summed E-state index contributed by atoms with van der Waals surface area (Å²) in [6, 6.07) is 8.34. The van der Waals surface area contributed by atoms with Gasteiger partial charge in [-0.3, -0.25) is 0 Å². The lowest BCUT2D eigenvalue weighted by Gasteiger charge is -2.26. The van der Waals surface area contributed by atoms with Gasteiger partial charge in [0.1, 0.15) is 5.75 Å². The molecule has 3 rings (SSSR count). The number of nitrogens with one attached hydrogen (secondary N) is 1. The van der Waals surface area contributed by atoms with Gasteiger partial charge >= 0.3 is 0 Å². The Balaban J connectivity index is 1.45. The third-order valence-corrected chi connectivity index (χ3v) is 4.65. The van der Waals surface area contributed by atoms with Crippen LogP contribution in [-0.4, -0.2) is 24.4 Å². The van der Waals surface area contributed by atoms with Gasteiger partial charge in [-0.1, -0.05) is 24.6 Å². The van der Waals surface area contributed by atoms with Gasteiger partial charge in [0, 0.05) is 12.1 Å². The molecule has 0 spiro atoms. The highest BCUT2D eigenvalue weighted by Gasteiger charge is 2.22. The number of para-hydroxylation sites is 1. The Labute approximate surface area is 127 Å². The zero-order chi connectivity index (χ0) is 14.5. The van der Waals surface area contributed by atoms with E-state index in [1.807, 2.05) is 6.07 Å². The van der Waals surface area contributed by atoms with Crippen LogP contribution >= 0.6 is 0 Å². The lowest BCUT2D eigenvalue weighted by Crippen LogP contribution is -2.29. The fraction of sp³-hybridized carbons (Fsp3) is 0.667. The van der Waals surface area contributed by atoms with Crippen LogP contribution in [0.3, 0.4) is 0 Å². The minimum atomic E-state index is -0.0836. The van der Waals surface area contributed by atoms with Crippen LogP contribution in [0.2, 0.25) is 0 Å². The SMILES string of the molecule is OC1CCCC(CNCc2ccccc2OCC2CC2)C1. The minimum Gasteiger partial charge on any atom is -0.493 e. The summed E-state index contributed by atoms with van der Waals surface area (Å²) in [6.07, 6.45) is 6.90. The van der Waals surface area contributed by atoms with Gasteiger partial charge in [0.05, 0.1) is 12.7 Å². The van der Waals surface area contributed by atoms with Crippen molar-refractivity contribution >= 4 is 0 Å². The quantitative estimate of drug-likeness (QED) is 0.810. The van der Waals surface area contributed by atoms with Gasteiger partial charge in [0.15, 0.2) is 0 Å². The summed E-state index contributed by atoms with van der Waals surface area (Å²) in [4.78, 5) is 0. The van der Waals surface area contributed by atoms with Gasteiger partial charge < -0.3 is 15.2 Å². The summed E-state index contributed by atoms with van der Waals surface area (Å²) in [7, 11) is 0. The highest BCUT2D eigenvalue weighted by Crippen LogP contribution is 2.30. The molecule has 21 heavy (non-hydrogen) atoms. The second-order valence-corrected chi connectivity index (χ2v) is 6.68. The molecule has 3 nitrogen and oxygen atoms in total. The molecule has 0 amide bonds. The molecule has 0 aromatic heterocycles. The number of hydrogen-bond acceptors (Lipinski definition) is 3. The topological polar surface area (TPSA) is 41.5 Å². The van der Waals surface area contributed by atoms with E-state index in [1.165, 1.54) is 24.8 Å². The van der Waals surface area contributed by atoms with E-state index in [-0.39, 0.29) is 6.10 Å². The first-order valence-corrected chi connectivity index (χ1v) is 8.40. The van der Waals surface area contributed by atoms with Crippen LogP contribution in [0.1, 0.15) is 44.1 Å². The zero-order valence-electron chi connectivity index (χ0n) is 12.8. The van der Waals surface area contributed by atoms with Crippen molar-refractivity contribution in [3.63, 3.8) is 0 Å². The van der Waals surface area contributed by atoms with Crippen LogP contribution in [0.25, 0.3) is 0 Å². The molecule has 1 aromatic rings. The number of aliphatic hydroxyl groups excluding tert-OH is 1. The molecule has 0 saturated heterocycles. The molecule has 0 bridgehead atoms. The predicted molar refractivity (Wildman–Crippen MR) is 84.3 cm³/mol. The van der Waals surface area contributed by atoms with Gasteiger partial charge in [-0.05, 0) is 56.6 Å². The molecule has 2 aliphatic rings. The summed E-state index contributed by atoms with van der Waals surface area (Å²) in [5.41, 5.74) is 1.24. The second kappa shape index (κ2) is 7.28. The van der Waals surface area contributed by atoms with E-state index < -0.39 is 0 Å². The van der Waals surface area contributed by atoms with E-state index in [2.05, 4.69) is 23.5 Å². The van der Waals surface area contributed by atoms with Crippen molar-refractivity contribution in [2.24, 2.45) is 11.8 Å². The predicted octanol–water partition coefficient (Wildman–Crippen LogP) is 3.12. The number of benzene rings is 1. The van der Waals surface area contributed by atoms with Gasteiger partial charge in [-0.25, -0.2) is 0 Å². The lowest BCUT2D eigenvalue weighted by atomic mass is 9.87. The maximum absolute atomic E-state index is 9.72. The van der Waals surface area contributed by atoms with Crippen LogP contribution < -0.4 is 10.1 Å². The molecule has 2 fully saturated rings. The molecule has 1 aromatic carbocycles. The second-order valence-electron chi connectivity index (χ2n) is 6.68. The third-order valence-electron chi connectivity index (χ3n) is 4.65. The van der Waals surface area contributed by atoms with Gasteiger partial charge in [-0.2, -0.15) is 0 Å². The summed E-state index contributed by atoms with van der Waals surface area (Å²) in [5, 5.41) is 13.3. The van der Waals surface area contributed by atoms with E-state index in [9.17, 15) is 5.11 Å². The van der Waals surface area contributed by atoms with Crippen molar-refractivity contribution in [2.45, 2.75) is 51.2 Å². The summed E-state index contributed by atoms with van der Waals surface area (Å²) < 4.78 is 5.94. The average molecular weight is 289 g/mol. The first-order valence-electron chi connectivity index (χ1n) is 8.40. The lowest BCUT2D eigenvalue weighted by molar-refractivity contribution is 0.101. The molecule has 2 saturated carbocycles. The van der Waals surface area contributed by atoms with E-state index in [0.29, 0.717) is 5.92 Å². The van der Waals surface area contributed by atoms with Crippen molar-refractivity contribution < 1.29 is 9.84 Å². The van der Waals surface area contributed by atoms with Gasteiger partial charge in [-0.15, -0.1) is 0 Å². The molecule has 2 atom stereocenters. The van der Waals surface area contributed by atoms with Crippen molar-refractivity contribution in [1.29, 1.82) is 0 Å². The molecule has 2 unspecified atom stereocenters. The summed E-state index contributed by atoms with van der Waals surface area (Å²) >= 11 is 0.